The Morgan fingerprint density at radius 2 is 1.89 bits per heavy atom. The van der Waals surface area contributed by atoms with Crippen LogP contribution in [0.15, 0.2) is 41.3 Å². The van der Waals surface area contributed by atoms with Crippen LogP contribution in [0.1, 0.15) is 30.1 Å². The summed E-state index contributed by atoms with van der Waals surface area (Å²) in [6.45, 7) is 3.34. The van der Waals surface area contributed by atoms with Gasteiger partial charge < -0.3 is 20.5 Å². The molecule has 0 spiro atoms. The molecule has 0 radical (unpaired) electrons. The normalized spacial score (nSPS) is 13.8. The number of sulfonamides is 1. The van der Waals surface area contributed by atoms with Gasteiger partial charge in [0.2, 0.25) is 10.0 Å². The molecule has 0 heterocycles. The number of nitrogens with two attached hydrogens (primary N) is 1. The summed E-state index contributed by atoms with van der Waals surface area (Å²) in [6.07, 6.45) is 2.16. The van der Waals surface area contributed by atoms with Crippen molar-refractivity contribution in [3.63, 3.8) is 0 Å². The zero-order valence-electron chi connectivity index (χ0n) is 15.4. The van der Waals surface area contributed by atoms with Crippen LogP contribution in [0.2, 0.25) is 0 Å². The molecule has 0 bridgehead atoms. The molecule has 5 N–H and O–H groups in total. The monoisotopic (exact) mass is 405 g/mol. The Morgan fingerprint density at radius 1 is 1.21 bits per heavy atom. The summed E-state index contributed by atoms with van der Waals surface area (Å²) < 4.78 is 30.1. The van der Waals surface area contributed by atoms with Crippen molar-refractivity contribution in [2.45, 2.75) is 24.7 Å². The van der Waals surface area contributed by atoms with Crippen LogP contribution in [0.5, 0.6) is 11.5 Å². The zero-order valence-corrected chi connectivity index (χ0v) is 16.3. The predicted octanol–water partition coefficient (Wildman–Crippen LogP) is 3.08. The van der Waals surface area contributed by atoms with Gasteiger partial charge in [0.15, 0.2) is 5.75 Å². The second kappa shape index (κ2) is 8.07. The van der Waals surface area contributed by atoms with E-state index in [4.69, 9.17) is 9.88 Å². The second-order valence-corrected chi connectivity index (χ2v) is 8.21. The lowest BCUT2D eigenvalue weighted by molar-refractivity contribution is 0.0696. The molecule has 3 rings (SSSR count). The van der Waals surface area contributed by atoms with E-state index in [1.807, 2.05) is 6.92 Å². The van der Waals surface area contributed by atoms with Gasteiger partial charge >= 0.3 is 5.97 Å². The highest BCUT2D eigenvalue weighted by Crippen LogP contribution is 2.38. The molecular weight excluding hydrogens is 382 g/mol. The van der Waals surface area contributed by atoms with Gasteiger partial charge in [0.25, 0.3) is 0 Å². The number of hydrogen-bond donors (Lipinski definition) is 4. The molecule has 1 fully saturated rings. The van der Waals surface area contributed by atoms with Crippen molar-refractivity contribution in [1.82, 2.24) is 0 Å². The number of primary sulfonamides is 1. The van der Waals surface area contributed by atoms with Gasteiger partial charge in [0.1, 0.15) is 10.6 Å². The number of hydrogen-bond acceptors (Lipinski definition) is 6. The summed E-state index contributed by atoms with van der Waals surface area (Å²) in [5.41, 5.74) is 0.999. The van der Waals surface area contributed by atoms with Crippen LogP contribution in [-0.2, 0) is 10.0 Å². The standard InChI is InChI=1S/C19H23N3O5S/c1-2-21-14-5-7-15(8-6-14)27-18-16(22-11-12-3-4-12)9-13(19(23)24)10-17(18)28(20,25)26/h5-10,12,21-22H,2-4,11H2,1H3,(H,23,24)(H2,20,25,26). The molecular formula is C19H23N3O5S. The third-order valence-corrected chi connectivity index (χ3v) is 5.26. The van der Waals surface area contributed by atoms with Gasteiger partial charge in [0.05, 0.1) is 11.3 Å². The van der Waals surface area contributed by atoms with Crippen LogP contribution in [0.3, 0.4) is 0 Å². The summed E-state index contributed by atoms with van der Waals surface area (Å²) in [5.74, 6) is -0.368. The van der Waals surface area contributed by atoms with E-state index in [9.17, 15) is 18.3 Å². The molecule has 2 aromatic carbocycles. The maximum atomic E-state index is 12.1. The van der Waals surface area contributed by atoms with E-state index in [0.717, 1.165) is 31.1 Å². The molecule has 0 aliphatic heterocycles. The predicted molar refractivity (Wildman–Crippen MR) is 107 cm³/mol. The minimum absolute atomic E-state index is 0.00986. The molecule has 2 aromatic rings. The van der Waals surface area contributed by atoms with Crippen molar-refractivity contribution in [3.8, 4) is 11.5 Å². The van der Waals surface area contributed by atoms with E-state index in [0.29, 0.717) is 18.2 Å². The van der Waals surface area contributed by atoms with Gasteiger partial charge in [-0.1, -0.05) is 0 Å². The van der Waals surface area contributed by atoms with Gasteiger partial charge in [-0.15, -0.1) is 0 Å². The zero-order chi connectivity index (χ0) is 20.3. The van der Waals surface area contributed by atoms with E-state index in [1.165, 1.54) is 6.07 Å². The fraction of sp³-hybridized carbons (Fsp3) is 0.316. The van der Waals surface area contributed by atoms with Gasteiger partial charge in [-0.3, -0.25) is 0 Å². The molecule has 1 saturated carbocycles. The Bertz CT molecular complexity index is 970. The Hall–Kier alpha value is -2.78. The molecule has 0 unspecified atom stereocenters. The average Bonchev–Trinajstić information content (AvgIpc) is 3.45. The SMILES string of the molecule is CCNc1ccc(Oc2c(NCC3CC3)cc(C(=O)O)cc2S(N)(=O)=O)cc1. The number of rotatable bonds is 9. The Labute approximate surface area is 163 Å². The van der Waals surface area contributed by atoms with Crippen molar-refractivity contribution >= 4 is 27.4 Å². The highest BCUT2D eigenvalue weighted by Gasteiger charge is 2.26. The smallest absolute Gasteiger partial charge is 0.335 e. The summed E-state index contributed by atoms with van der Waals surface area (Å²) in [5, 5.41) is 21.0. The molecule has 28 heavy (non-hydrogen) atoms. The van der Waals surface area contributed by atoms with E-state index in [2.05, 4.69) is 10.6 Å². The average molecular weight is 405 g/mol. The van der Waals surface area contributed by atoms with Gasteiger partial charge in [-0.25, -0.2) is 18.4 Å². The molecule has 0 saturated heterocycles. The number of carboxylic acids is 1. The van der Waals surface area contributed by atoms with Crippen molar-refractivity contribution in [2.24, 2.45) is 11.1 Å². The van der Waals surface area contributed by atoms with E-state index >= 15 is 0 Å². The summed E-state index contributed by atoms with van der Waals surface area (Å²) in [7, 11) is -4.21. The molecule has 8 nitrogen and oxygen atoms in total. The third-order valence-electron chi connectivity index (χ3n) is 4.34. The highest BCUT2D eigenvalue weighted by atomic mass is 32.2. The fourth-order valence-corrected chi connectivity index (χ4v) is 3.41. The van der Waals surface area contributed by atoms with Crippen LogP contribution in [-0.4, -0.2) is 32.6 Å². The molecule has 9 heteroatoms. The second-order valence-electron chi connectivity index (χ2n) is 6.68. The fourth-order valence-electron chi connectivity index (χ4n) is 2.71. The van der Waals surface area contributed by atoms with Crippen LogP contribution >= 0.6 is 0 Å². The first kappa shape index (κ1) is 20.0. The number of aromatic carboxylic acids is 1. The van der Waals surface area contributed by atoms with Crippen LogP contribution in [0.25, 0.3) is 0 Å². The summed E-state index contributed by atoms with van der Waals surface area (Å²) in [4.78, 5) is 11.1. The number of carbonyl (C=O) groups is 1. The van der Waals surface area contributed by atoms with E-state index < -0.39 is 16.0 Å². The molecule has 150 valence electrons. The lowest BCUT2D eigenvalue weighted by atomic mass is 10.1. The minimum atomic E-state index is -4.21. The topological polar surface area (TPSA) is 131 Å². The largest absolute Gasteiger partial charge is 0.478 e. The maximum absolute atomic E-state index is 12.1. The Morgan fingerprint density at radius 3 is 2.43 bits per heavy atom. The number of benzene rings is 2. The van der Waals surface area contributed by atoms with Crippen molar-refractivity contribution in [3.05, 3.63) is 42.0 Å². The number of nitrogens with one attached hydrogen (secondary N) is 2. The van der Waals surface area contributed by atoms with Crippen LogP contribution in [0, 0.1) is 5.92 Å². The number of ether oxygens (including phenoxy) is 1. The van der Waals surface area contributed by atoms with Crippen molar-refractivity contribution < 1.29 is 23.1 Å². The minimum Gasteiger partial charge on any atom is -0.478 e. The van der Waals surface area contributed by atoms with E-state index in [-0.39, 0.29) is 21.9 Å². The quantitative estimate of drug-likeness (QED) is 0.504. The molecule has 0 atom stereocenters. The first-order chi connectivity index (χ1) is 13.3. The Balaban J connectivity index is 2.02. The lowest BCUT2D eigenvalue weighted by Gasteiger charge is -2.17. The Kier molecular flexibility index (Phi) is 5.76. The lowest BCUT2D eigenvalue weighted by Crippen LogP contribution is -2.16. The van der Waals surface area contributed by atoms with Crippen LogP contribution < -0.4 is 20.5 Å². The molecule has 0 aromatic heterocycles. The first-order valence-electron chi connectivity index (χ1n) is 8.97. The van der Waals surface area contributed by atoms with Gasteiger partial charge in [0, 0.05) is 18.8 Å². The highest BCUT2D eigenvalue weighted by molar-refractivity contribution is 7.89. The number of anilines is 2. The summed E-state index contributed by atoms with van der Waals surface area (Å²) >= 11 is 0. The van der Waals surface area contributed by atoms with E-state index in [1.54, 1.807) is 24.3 Å². The van der Waals surface area contributed by atoms with Crippen molar-refractivity contribution in [2.75, 3.05) is 23.7 Å². The third kappa shape index (κ3) is 4.93. The molecule has 1 aliphatic rings. The van der Waals surface area contributed by atoms with Crippen LogP contribution in [0.4, 0.5) is 11.4 Å². The maximum Gasteiger partial charge on any atom is 0.335 e. The van der Waals surface area contributed by atoms with Gasteiger partial charge in [-0.2, -0.15) is 0 Å². The van der Waals surface area contributed by atoms with Gasteiger partial charge in [-0.05, 0) is 62.1 Å². The molecule has 1 aliphatic carbocycles. The number of carboxylic acid groups (broad SMARTS) is 1. The molecule has 0 amide bonds. The van der Waals surface area contributed by atoms with Crippen molar-refractivity contribution in [1.29, 1.82) is 0 Å². The first-order valence-corrected chi connectivity index (χ1v) is 10.5. The summed E-state index contributed by atoms with van der Waals surface area (Å²) in [6, 6.07) is 9.38.